The number of thiazole rings is 1. The molecule has 1 aromatic carbocycles. The zero-order valence-corrected chi connectivity index (χ0v) is 17.1. The van der Waals surface area contributed by atoms with Gasteiger partial charge in [-0.25, -0.2) is 9.78 Å². The van der Waals surface area contributed by atoms with Crippen molar-refractivity contribution < 1.29 is 29.3 Å². The van der Waals surface area contributed by atoms with E-state index in [-0.39, 0.29) is 6.42 Å². The lowest BCUT2D eigenvalue weighted by molar-refractivity contribution is -0.147. The van der Waals surface area contributed by atoms with Crippen molar-refractivity contribution in [1.29, 1.82) is 0 Å². The van der Waals surface area contributed by atoms with Crippen LogP contribution in [0.15, 0.2) is 29.6 Å². The van der Waals surface area contributed by atoms with Crippen LogP contribution in [0.4, 0.5) is 0 Å². The number of carboxylic acids is 2. The first-order valence-electron chi connectivity index (χ1n) is 9.48. The van der Waals surface area contributed by atoms with Gasteiger partial charge in [0.2, 0.25) is 5.91 Å². The van der Waals surface area contributed by atoms with Gasteiger partial charge in [-0.3, -0.25) is 14.5 Å². The lowest BCUT2D eigenvalue weighted by atomic mass is 10.1. The maximum Gasteiger partial charge on any atom is 0.326 e. The number of nitrogens with one attached hydrogen (secondary N) is 1. The molecule has 3 rings (SSSR count). The fourth-order valence-electron chi connectivity index (χ4n) is 3.08. The Morgan fingerprint density at radius 1 is 1.17 bits per heavy atom. The standard InChI is InChI=1S/C20H23N3O6S/c24-17(22-16(20(27)28)10-18(25)26)9-15-12-30-19(21-15)14-3-1-13(2-4-14)11-23-5-7-29-8-6-23/h1-4,12,16H,5-11H2,(H,22,24)(H,25,26)(H,27,28). The van der Waals surface area contributed by atoms with Gasteiger partial charge in [0.25, 0.3) is 0 Å². The Morgan fingerprint density at radius 2 is 1.87 bits per heavy atom. The minimum absolute atomic E-state index is 0.116. The maximum atomic E-state index is 12.1. The van der Waals surface area contributed by atoms with Crippen molar-refractivity contribution in [3.05, 3.63) is 40.9 Å². The molecule has 0 bridgehead atoms. The van der Waals surface area contributed by atoms with Crippen LogP contribution < -0.4 is 5.32 Å². The van der Waals surface area contributed by atoms with E-state index in [0.717, 1.165) is 43.4 Å². The Bertz CT molecular complexity index is 892. The van der Waals surface area contributed by atoms with Gasteiger partial charge in [0.05, 0.1) is 31.7 Å². The molecule has 1 aliphatic heterocycles. The van der Waals surface area contributed by atoms with Crippen LogP contribution >= 0.6 is 11.3 Å². The summed E-state index contributed by atoms with van der Waals surface area (Å²) in [4.78, 5) is 40.6. The molecule has 1 aliphatic rings. The number of benzene rings is 1. The molecule has 1 aromatic heterocycles. The fourth-order valence-corrected chi connectivity index (χ4v) is 3.90. The van der Waals surface area contributed by atoms with Crippen LogP contribution in [0.1, 0.15) is 17.7 Å². The summed E-state index contributed by atoms with van der Waals surface area (Å²) in [5, 5.41) is 22.5. The number of hydrogen-bond donors (Lipinski definition) is 3. The molecule has 0 radical (unpaired) electrons. The Kier molecular flexibility index (Phi) is 7.50. The Labute approximate surface area is 177 Å². The monoisotopic (exact) mass is 433 g/mol. The number of hydrogen-bond acceptors (Lipinski definition) is 7. The SMILES string of the molecule is O=C(O)CC(NC(=O)Cc1csc(-c2ccc(CN3CCOCC3)cc2)n1)C(=O)O. The average molecular weight is 433 g/mol. The summed E-state index contributed by atoms with van der Waals surface area (Å²) in [6, 6.07) is 6.63. The molecule has 1 amide bonds. The molecule has 160 valence electrons. The molecule has 2 aromatic rings. The van der Waals surface area contributed by atoms with Crippen molar-refractivity contribution in [3.8, 4) is 10.6 Å². The molecule has 30 heavy (non-hydrogen) atoms. The molecule has 3 N–H and O–H groups in total. The summed E-state index contributed by atoms with van der Waals surface area (Å²) in [6.45, 7) is 4.24. The highest BCUT2D eigenvalue weighted by atomic mass is 32.1. The number of aromatic nitrogens is 1. The van der Waals surface area contributed by atoms with E-state index in [2.05, 4.69) is 27.3 Å². The van der Waals surface area contributed by atoms with Gasteiger partial charge in [-0.1, -0.05) is 24.3 Å². The van der Waals surface area contributed by atoms with Gasteiger partial charge < -0.3 is 20.3 Å². The number of carbonyl (C=O) groups is 3. The van der Waals surface area contributed by atoms with Crippen molar-refractivity contribution in [2.24, 2.45) is 0 Å². The van der Waals surface area contributed by atoms with E-state index in [1.165, 1.54) is 16.9 Å². The van der Waals surface area contributed by atoms with Gasteiger partial charge >= 0.3 is 11.9 Å². The number of morpholine rings is 1. The zero-order chi connectivity index (χ0) is 21.5. The highest BCUT2D eigenvalue weighted by Crippen LogP contribution is 2.24. The molecule has 0 aliphatic carbocycles. The van der Waals surface area contributed by atoms with E-state index in [4.69, 9.17) is 14.9 Å². The Balaban J connectivity index is 1.56. The van der Waals surface area contributed by atoms with Gasteiger partial charge in [-0.05, 0) is 5.56 Å². The molecule has 1 saturated heterocycles. The average Bonchev–Trinajstić information content (AvgIpc) is 3.16. The van der Waals surface area contributed by atoms with Crippen LogP contribution in [0.25, 0.3) is 10.6 Å². The van der Waals surface area contributed by atoms with Gasteiger partial charge in [-0.15, -0.1) is 11.3 Å². The number of rotatable bonds is 9. The fraction of sp³-hybridized carbons (Fsp3) is 0.400. The molecule has 10 heteroatoms. The number of carbonyl (C=O) groups excluding carboxylic acids is 1. The number of ether oxygens (including phenoxy) is 1. The summed E-state index contributed by atoms with van der Waals surface area (Å²) in [5.74, 6) is -3.26. The van der Waals surface area contributed by atoms with Crippen LogP contribution in [-0.4, -0.2) is 70.3 Å². The minimum Gasteiger partial charge on any atom is -0.481 e. The van der Waals surface area contributed by atoms with Gasteiger partial charge in [-0.2, -0.15) is 0 Å². The minimum atomic E-state index is -1.47. The molecular weight excluding hydrogens is 410 g/mol. The summed E-state index contributed by atoms with van der Waals surface area (Å²) in [5.41, 5.74) is 2.64. The third-order valence-electron chi connectivity index (χ3n) is 4.62. The molecule has 1 fully saturated rings. The lowest BCUT2D eigenvalue weighted by Crippen LogP contribution is -2.42. The van der Waals surface area contributed by atoms with Crippen LogP contribution in [0.2, 0.25) is 0 Å². The molecule has 2 heterocycles. The topological polar surface area (TPSA) is 129 Å². The van der Waals surface area contributed by atoms with Crippen molar-refractivity contribution >= 4 is 29.2 Å². The number of aliphatic carboxylic acids is 2. The number of amides is 1. The Hall–Kier alpha value is -2.82. The number of carboxylic acid groups (broad SMARTS) is 2. The smallest absolute Gasteiger partial charge is 0.326 e. The quantitative estimate of drug-likeness (QED) is 0.539. The highest BCUT2D eigenvalue weighted by molar-refractivity contribution is 7.13. The second kappa shape index (κ2) is 10.3. The van der Waals surface area contributed by atoms with E-state index in [1.807, 2.05) is 12.1 Å². The van der Waals surface area contributed by atoms with Crippen molar-refractivity contribution in [2.75, 3.05) is 26.3 Å². The second-order valence-electron chi connectivity index (χ2n) is 6.96. The summed E-state index contributed by atoms with van der Waals surface area (Å²) in [7, 11) is 0. The van der Waals surface area contributed by atoms with E-state index in [0.29, 0.717) is 5.69 Å². The van der Waals surface area contributed by atoms with Gasteiger partial charge in [0, 0.05) is 30.6 Å². The van der Waals surface area contributed by atoms with E-state index in [1.54, 1.807) is 5.38 Å². The third kappa shape index (κ3) is 6.34. The molecule has 0 spiro atoms. The van der Waals surface area contributed by atoms with Crippen LogP contribution in [0.5, 0.6) is 0 Å². The van der Waals surface area contributed by atoms with Crippen molar-refractivity contribution in [2.45, 2.75) is 25.4 Å². The first kappa shape index (κ1) is 21.9. The first-order chi connectivity index (χ1) is 14.4. The summed E-state index contributed by atoms with van der Waals surface area (Å²) in [6.07, 6.45) is -0.796. The maximum absolute atomic E-state index is 12.1. The van der Waals surface area contributed by atoms with Crippen molar-refractivity contribution in [1.82, 2.24) is 15.2 Å². The summed E-state index contributed by atoms with van der Waals surface area (Å²) >= 11 is 1.39. The highest BCUT2D eigenvalue weighted by Gasteiger charge is 2.23. The third-order valence-corrected chi connectivity index (χ3v) is 5.56. The predicted octanol–water partition coefficient (Wildman–Crippen LogP) is 1.23. The lowest BCUT2D eigenvalue weighted by Gasteiger charge is -2.26. The summed E-state index contributed by atoms with van der Waals surface area (Å²) < 4.78 is 5.36. The zero-order valence-electron chi connectivity index (χ0n) is 16.2. The molecular formula is C20H23N3O6S. The normalized spacial score (nSPS) is 15.5. The van der Waals surface area contributed by atoms with Gasteiger partial charge in [0.1, 0.15) is 11.0 Å². The first-order valence-corrected chi connectivity index (χ1v) is 10.4. The molecule has 1 unspecified atom stereocenters. The Morgan fingerprint density at radius 3 is 2.50 bits per heavy atom. The van der Waals surface area contributed by atoms with E-state index >= 15 is 0 Å². The van der Waals surface area contributed by atoms with Crippen LogP contribution in [0.3, 0.4) is 0 Å². The number of nitrogens with zero attached hydrogens (tertiary/aromatic N) is 2. The van der Waals surface area contributed by atoms with Gasteiger partial charge in [0.15, 0.2) is 0 Å². The molecule has 9 nitrogen and oxygen atoms in total. The van der Waals surface area contributed by atoms with Crippen LogP contribution in [-0.2, 0) is 32.1 Å². The van der Waals surface area contributed by atoms with Crippen LogP contribution in [0, 0.1) is 0 Å². The predicted molar refractivity (Wildman–Crippen MR) is 109 cm³/mol. The molecule has 1 atom stereocenters. The molecule has 0 saturated carbocycles. The van der Waals surface area contributed by atoms with Crippen molar-refractivity contribution in [3.63, 3.8) is 0 Å². The van der Waals surface area contributed by atoms with E-state index < -0.39 is 30.3 Å². The van der Waals surface area contributed by atoms with E-state index in [9.17, 15) is 14.4 Å². The largest absolute Gasteiger partial charge is 0.481 e. The second-order valence-corrected chi connectivity index (χ2v) is 7.82.